The van der Waals surface area contributed by atoms with Gasteiger partial charge in [0.2, 0.25) is 0 Å². The molecule has 2 unspecified atom stereocenters. The van der Waals surface area contributed by atoms with Gasteiger partial charge in [-0.2, -0.15) is 0 Å². The van der Waals surface area contributed by atoms with Gasteiger partial charge in [0.25, 0.3) is 0 Å². The highest BCUT2D eigenvalue weighted by molar-refractivity contribution is 8.30. The van der Waals surface area contributed by atoms with Crippen molar-refractivity contribution in [2.24, 2.45) is 0 Å². The standard InChI is InChI=1S/C10H12O3S2/c11-15(14,9-5-2-1-3-6-9)13-10-7-4-8-12-10/h1-3,5-6,10H,4,7-8H2. The van der Waals surface area contributed by atoms with Gasteiger partial charge in [-0.05, 0) is 18.6 Å². The molecular weight excluding hydrogens is 232 g/mol. The van der Waals surface area contributed by atoms with E-state index in [0.29, 0.717) is 11.5 Å². The Labute approximate surface area is 94.3 Å². The van der Waals surface area contributed by atoms with Crippen LogP contribution in [0.4, 0.5) is 0 Å². The molecule has 1 fully saturated rings. The van der Waals surface area contributed by atoms with Crippen molar-refractivity contribution >= 4 is 20.0 Å². The molecule has 0 radical (unpaired) electrons. The molecule has 0 amide bonds. The van der Waals surface area contributed by atoms with Crippen molar-refractivity contribution in [1.82, 2.24) is 0 Å². The van der Waals surface area contributed by atoms with Crippen molar-refractivity contribution < 1.29 is 13.1 Å². The van der Waals surface area contributed by atoms with Crippen LogP contribution in [0.3, 0.4) is 0 Å². The smallest absolute Gasteiger partial charge is 0.176 e. The van der Waals surface area contributed by atoms with E-state index in [4.69, 9.17) is 20.1 Å². The third kappa shape index (κ3) is 2.75. The van der Waals surface area contributed by atoms with Gasteiger partial charge in [0.15, 0.2) is 15.1 Å². The molecule has 0 aliphatic carbocycles. The van der Waals surface area contributed by atoms with Crippen LogP contribution in [0.5, 0.6) is 0 Å². The molecule has 0 bridgehead atoms. The van der Waals surface area contributed by atoms with E-state index in [1.165, 1.54) is 0 Å². The molecule has 0 N–H and O–H groups in total. The maximum Gasteiger partial charge on any atom is 0.176 e. The van der Waals surface area contributed by atoms with Crippen LogP contribution < -0.4 is 0 Å². The lowest BCUT2D eigenvalue weighted by molar-refractivity contribution is -0.0307. The molecule has 5 heteroatoms. The van der Waals surface area contributed by atoms with Crippen molar-refractivity contribution in [1.29, 1.82) is 0 Å². The molecule has 1 aliphatic heterocycles. The number of hydrogen-bond acceptors (Lipinski definition) is 4. The van der Waals surface area contributed by atoms with Gasteiger partial charge in [-0.3, -0.25) is 4.18 Å². The van der Waals surface area contributed by atoms with Crippen LogP contribution in [-0.2, 0) is 28.9 Å². The van der Waals surface area contributed by atoms with E-state index in [1.807, 2.05) is 6.07 Å². The highest BCUT2D eigenvalue weighted by atomic mass is 32.8. The summed E-state index contributed by atoms with van der Waals surface area (Å²) in [4.78, 5) is 0.538. The van der Waals surface area contributed by atoms with E-state index in [1.54, 1.807) is 24.3 Å². The molecular formula is C10H12O3S2. The average molecular weight is 244 g/mol. The van der Waals surface area contributed by atoms with Crippen LogP contribution in [-0.4, -0.2) is 17.1 Å². The minimum atomic E-state index is -2.84. The molecule has 1 heterocycles. The van der Waals surface area contributed by atoms with Crippen LogP contribution >= 0.6 is 0 Å². The fourth-order valence-electron chi connectivity index (χ4n) is 1.41. The van der Waals surface area contributed by atoms with Crippen LogP contribution in [0.2, 0.25) is 0 Å². The lowest BCUT2D eigenvalue weighted by Crippen LogP contribution is -2.16. The minimum absolute atomic E-state index is 0.407. The molecule has 1 aromatic carbocycles. The molecule has 3 nitrogen and oxygen atoms in total. The third-order valence-corrected chi connectivity index (χ3v) is 4.28. The van der Waals surface area contributed by atoms with E-state index in [0.717, 1.165) is 12.8 Å². The average Bonchev–Trinajstić information content (AvgIpc) is 2.71. The summed E-state index contributed by atoms with van der Waals surface area (Å²) in [5.74, 6) is 0. The summed E-state index contributed by atoms with van der Waals surface area (Å²) in [5.41, 5.74) is 0. The van der Waals surface area contributed by atoms with Crippen molar-refractivity contribution in [3.05, 3.63) is 30.3 Å². The molecule has 1 aromatic rings. The predicted molar refractivity (Wildman–Crippen MR) is 60.3 cm³/mol. The van der Waals surface area contributed by atoms with Gasteiger partial charge in [-0.15, -0.1) is 0 Å². The zero-order valence-electron chi connectivity index (χ0n) is 8.13. The summed E-state index contributed by atoms with van der Waals surface area (Å²) >= 11 is 4.97. The molecule has 0 spiro atoms. The molecule has 1 saturated heterocycles. The molecule has 2 rings (SSSR count). The second-order valence-electron chi connectivity index (χ2n) is 3.31. The summed E-state index contributed by atoms with van der Waals surface area (Å²) in [7, 11) is -2.84. The third-order valence-electron chi connectivity index (χ3n) is 2.15. The summed E-state index contributed by atoms with van der Waals surface area (Å²) in [6.07, 6.45) is 1.29. The molecule has 82 valence electrons. The van der Waals surface area contributed by atoms with Crippen LogP contribution in [0.1, 0.15) is 12.8 Å². The summed E-state index contributed by atoms with van der Waals surface area (Å²) < 4.78 is 22.6. The van der Waals surface area contributed by atoms with Crippen LogP contribution in [0.15, 0.2) is 35.2 Å². The maximum absolute atomic E-state index is 12.1. The van der Waals surface area contributed by atoms with Gasteiger partial charge in [-0.1, -0.05) is 18.2 Å². The van der Waals surface area contributed by atoms with Gasteiger partial charge in [0.05, 0.1) is 4.90 Å². The van der Waals surface area contributed by atoms with E-state index in [2.05, 4.69) is 0 Å². The van der Waals surface area contributed by atoms with E-state index in [9.17, 15) is 4.21 Å². The normalized spacial score (nSPS) is 24.9. The van der Waals surface area contributed by atoms with Gasteiger partial charge in [-0.25, -0.2) is 4.21 Å². The van der Waals surface area contributed by atoms with Gasteiger partial charge in [0.1, 0.15) is 0 Å². The second kappa shape index (κ2) is 4.57. The number of rotatable bonds is 3. The zero-order valence-corrected chi connectivity index (χ0v) is 9.76. The summed E-state index contributed by atoms with van der Waals surface area (Å²) in [5, 5.41) is 0. The van der Waals surface area contributed by atoms with E-state index < -0.39 is 15.1 Å². The van der Waals surface area contributed by atoms with Crippen LogP contribution in [0.25, 0.3) is 0 Å². The number of hydrogen-bond donors (Lipinski definition) is 0. The van der Waals surface area contributed by atoms with Crippen molar-refractivity contribution in [3.8, 4) is 0 Å². The largest absolute Gasteiger partial charge is 0.351 e. The second-order valence-corrected chi connectivity index (χ2v) is 6.19. The molecule has 15 heavy (non-hydrogen) atoms. The highest BCUT2D eigenvalue weighted by Gasteiger charge is 2.22. The number of ether oxygens (including phenoxy) is 1. The van der Waals surface area contributed by atoms with Gasteiger partial charge < -0.3 is 4.74 Å². The lowest BCUT2D eigenvalue weighted by Gasteiger charge is -2.13. The van der Waals surface area contributed by atoms with Gasteiger partial charge in [0, 0.05) is 24.2 Å². The molecule has 2 atom stereocenters. The summed E-state index contributed by atoms with van der Waals surface area (Å²) in [6.45, 7) is 0.657. The first kappa shape index (κ1) is 11.0. The molecule has 0 aromatic heterocycles. The monoisotopic (exact) mass is 244 g/mol. The zero-order chi connectivity index (χ0) is 10.7. The minimum Gasteiger partial charge on any atom is -0.351 e. The first-order valence-corrected chi connectivity index (χ1v) is 7.19. The SMILES string of the molecule is O=S(=S)(OC1CCCO1)c1ccccc1. The fraction of sp³-hybridized carbons (Fsp3) is 0.400. The Balaban J connectivity index is 2.13. The Morgan fingerprint density at radius 1 is 1.40 bits per heavy atom. The fourth-order valence-corrected chi connectivity index (χ4v) is 3.04. The topological polar surface area (TPSA) is 35.5 Å². The first-order chi connectivity index (χ1) is 7.18. The Hall–Kier alpha value is -0.490. The van der Waals surface area contributed by atoms with Crippen molar-refractivity contribution in [2.75, 3.05) is 6.61 Å². The molecule has 0 saturated carbocycles. The van der Waals surface area contributed by atoms with E-state index >= 15 is 0 Å². The first-order valence-electron chi connectivity index (χ1n) is 4.78. The highest BCUT2D eigenvalue weighted by Crippen LogP contribution is 2.20. The number of benzene rings is 1. The summed E-state index contributed by atoms with van der Waals surface area (Å²) in [6, 6.07) is 8.86. The van der Waals surface area contributed by atoms with Crippen molar-refractivity contribution in [2.45, 2.75) is 24.0 Å². The Kier molecular flexibility index (Phi) is 3.35. The maximum atomic E-state index is 12.1. The van der Waals surface area contributed by atoms with Crippen LogP contribution in [0, 0.1) is 0 Å². The van der Waals surface area contributed by atoms with Crippen molar-refractivity contribution in [3.63, 3.8) is 0 Å². The molecule has 1 aliphatic rings. The Morgan fingerprint density at radius 2 is 2.13 bits per heavy atom. The quantitative estimate of drug-likeness (QED) is 0.813. The Bertz CT molecular complexity index is 408. The Morgan fingerprint density at radius 3 is 2.73 bits per heavy atom. The van der Waals surface area contributed by atoms with E-state index in [-0.39, 0.29) is 0 Å². The predicted octanol–water partition coefficient (Wildman–Crippen LogP) is 1.86. The van der Waals surface area contributed by atoms with Gasteiger partial charge >= 0.3 is 0 Å². The lowest BCUT2D eigenvalue weighted by atomic mass is 10.4.